The molecule has 8 rings (SSSR count). The molecule has 2 heterocycles. The molecule has 8 aliphatic rings. The third kappa shape index (κ3) is 0.634. The maximum atomic E-state index is 11.2. The fourth-order valence-electron chi connectivity index (χ4n) is 9.97. The first-order chi connectivity index (χ1) is 10.2. The van der Waals surface area contributed by atoms with E-state index in [9.17, 15) is 20.4 Å². The van der Waals surface area contributed by atoms with Crippen molar-refractivity contribution in [2.75, 3.05) is 0 Å². The average molecular weight is 308 g/mol. The van der Waals surface area contributed by atoms with Gasteiger partial charge in [0.05, 0.1) is 24.4 Å². The lowest BCUT2D eigenvalue weighted by Crippen LogP contribution is -2.68. The molecule has 8 bridgehead atoms. The van der Waals surface area contributed by atoms with Gasteiger partial charge in [0.2, 0.25) is 0 Å². The molecule has 120 valence electrons. The zero-order valence-corrected chi connectivity index (χ0v) is 12.4. The SMILES string of the molecule is CC1(O)OC2C(O)C3C4C5C6C(O)C7OC(C)(O)C3(C75)C61C24. The highest BCUT2D eigenvalue weighted by atomic mass is 16.7. The summed E-state index contributed by atoms with van der Waals surface area (Å²) >= 11 is 0. The van der Waals surface area contributed by atoms with Gasteiger partial charge in [-0.3, -0.25) is 0 Å². The van der Waals surface area contributed by atoms with Crippen molar-refractivity contribution in [1.29, 1.82) is 0 Å². The number of ether oxygens (including phenoxy) is 2. The Morgan fingerprint density at radius 2 is 1.05 bits per heavy atom. The van der Waals surface area contributed by atoms with Gasteiger partial charge in [0.15, 0.2) is 11.6 Å². The van der Waals surface area contributed by atoms with Crippen LogP contribution in [0.5, 0.6) is 0 Å². The van der Waals surface area contributed by atoms with E-state index in [1.165, 1.54) is 0 Å². The summed E-state index contributed by atoms with van der Waals surface area (Å²) in [6.45, 7) is 3.33. The van der Waals surface area contributed by atoms with Gasteiger partial charge in [0, 0.05) is 34.5 Å². The summed E-state index contributed by atoms with van der Waals surface area (Å²) in [5.41, 5.74) is -1.38. The third-order valence-electron chi connectivity index (χ3n) is 9.27. The molecule has 6 aliphatic carbocycles. The minimum atomic E-state index is -1.44. The molecule has 14 unspecified atom stereocenters. The largest absolute Gasteiger partial charge is 0.390 e. The van der Waals surface area contributed by atoms with E-state index in [1.807, 2.05) is 0 Å². The summed E-state index contributed by atoms with van der Waals surface area (Å²) in [7, 11) is 0. The molecule has 0 amide bonds. The molecule has 4 N–H and O–H groups in total. The Kier molecular flexibility index (Phi) is 1.44. The van der Waals surface area contributed by atoms with Crippen molar-refractivity contribution in [3.63, 3.8) is 0 Å². The summed E-state index contributed by atoms with van der Waals surface area (Å²) in [4.78, 5) is 0. The molecule has 8 fully saturated rings. The first-order valence-corrected chi connectivity index (χ1v) is 8.41. The van der Waals surface area contributed by atoms with Gasteiger partial charge in [-0.1, -0.05) is 0 Å². The molecule has 0 aromatic carbocycles. The van der Waals surface area contributed by atoms with Crippen LogP contribution in [-0.2, 0) is 9.47 Å². The van der Waals surface area contributed by atoms with Crippen LogP contribution in [0.4, 0.5) is 0 Å². The second-order valence-electron chi connectivity index (χ2n) is 9.11. The Bertz CT molecular complexity index is 605. The van der Waals surface area contributed by atoms with Gasteiger partial charge in [-0.25, -0.2) is 0 Å². The van der Waals surface area contributed by atoms with Gasteiger partial charge in [0.25, 0.3) is 0 Å². The number of hydrogen-bond donors (Lipinski definition) is 4. The van der Waals surface area contributed by atoms with Crippen LogP contribution >= 0.6 is 0 Å². The summed E-state index contributed by atoms with van der Waals surface area (Å²) in [5.74, 6) is -2.53. The fraction of sp³-hybridized carbons (Fsp3) is 1.00. The van der Waals surface area contributed by atoms with Gasteiger partial charge in [-0.2, -0.15) is 0 Å². The monoisotopic (exact) mass is 308 g/mol. The third-order valence-corrected chi connectivity index (χ3v) is 9.27. The quantitative estimate of drug-likeness (QED) is 0.442. The summed E-state index contributed by atoms with van der Waals surface area (Å²) in [5, 5.41) is 44.1. The lowest BCUT2D eigenvalue weighted by Gasteiger charge is -2.57. The Hall–Kier alpha value is -0.240. The van der Waals surface area contributed by atoms with Crippen molar-refractivity contribution in [3.05, 3.63) is 0 Å². The number of aliphatic hydroxyl groups excluding tert-OH is 2. The Balaban J connectivity index is 1.67. The standard InChI is InChI=1S/C16H20O6/c1-13(19)15-5-3-4-6(10(18)11(21-13)7(4)15)16(15)8(3)12(9(5)17)22-14(16,2)20/h3-12,17-20H,1-2H3. The van der Waals surface area contributed by atoms with E-state index >= 15 is 0 Å². The van der Waals surface area contributed by atoms with Crippen molar-refractivity contribution < 1.29 is 29.9 Å². The van der Waals surface area contributed by atoms with Crippen molar-refractivity contribution in [3.8, 4) is 0 Å². The Labute approximate surface area is 127 Å². The van der Waals surface area contributed by atoms with Crippen LogP contribution in [-0.4, -0.2) is 56.4 Å². The minimum Gasteiger partial charge on any atom is -0.390 e. The lowest BCUT2D eigenvalue weighted by molar-refractivity contribution is -0.308. The van der Waals surface area contributed by atoms with E-state index in [1.54, 1.807) is 13.8 Å². The topological polar surface area (TPSA) is 99.4 Å². The second kappa shape index (κ2) is 2.61. The summed E-state index contributed by atoms with van der Waals surface area (Å²) < 4.78 is 11.9. The Morgan fingerprint density at radius 1 is 0.682 bits per heavy atom. The van der Waals surface area contributed by atoms with E-state index in [0.717, 1.165) is 0 Å². The van der Waals surface area contributed by atoms with Gasteiger partial charge in [0.1, 0.15) is 0 Å². The van der Waals surface area contributed by atoms with Crippen LogP contribution in [0, 0.1) is 46.3 Å². The van der Waals surface area contributed by atoms with Crippen molar-refractivity contribution in [1.82, 2.24) is 0 Å². The number of rotatable bonds is 0. The highest BCUT2D eigenvalue weighted by molar-refractivity contribution is 5.49. The van der Waals surface area contributed by atoms with Crippen molar-refractivity contribution in [2.24, 2.45) is 46.3 Å². The smallest absolute Gasteiger partial charge is 0.170 e. The van der Waals surface area contributed by atoms with Crippen LogP contribution < -0.4 is 0 Å². The molecule has 22 heavy (non-hydrogen) atoms. The molecule has 14 atom stereocenters. The normalized spacial score (nSPS) is 87.0. The predicted molar refractivity (Wildman–Crippen MR) is 68.8 cm³/mol. The average Bonchev–Trinajstić information content (AvgIpc) is 3.17. The van der Waals surface area contributed by atoms with E-state index < -0.39 is 34.6 Å². The first kappa shape index (κ1) is 12.2. The summed E-state index contributed by atoms with van der Waals surface area (Å²) in [6, 6.07) is 0. The van der Waals surface area contributed by atoms with Crippen LogP contribution in [0.2, 0.25) is 0 Å². The highest BCUT2D eigenvalue weighted by Gasteiger charge is 3.06. The van der Waals surface area contributed by atoms with E-state index in [2.05, 4.69) is 0 Å². The summed E-state index contributed by atoms with van der Waals surface area (Å²) in [6.07, 6.45) is -2.06. The highest BCUT2D eigenvalue weighted by Crippen LogP contribution is 2.99. The molecular formula is C16H20O6. The number of hydrogen-bond acceptors (Lipinski definition) is 6. The van der Waals surface area contributed by atoms with Crippen LogP contribution in [0.15, 0.2) is 0 Å². The second-order valence-corrected chi connectivity index (χ2v) is 9.11. The minimum absolute atomic E-state index is 0.0255. The molecule has 2 saturated heterocycles. The molecule has 6 nitrogen and oxygen atoms in total. The van der Waals surface area contributed by atoms with Crippen LogP contribution in [0.25, 0.3) is 0 Å². The predicted octanol–water partition coefficient (Wildman–Crippen LogP) is -1.34. The van der Waals surface area contributed by atoms with Gasteiger partial charge >= 0.3 is 0 Å². The molecule has 6 heteroatoms. The van der Waals surface area contributed by atoms with E-state index in [-0.39, 0.29) is 47.7 Å². The van der Waals surface area contributed by atoms with Gasteiger partial charge in [-0.05, 0) is 25.7 Å². The van der Waals surface area contributed by atoms with Gasteiger partial charge < -0.3 is 29.9 Å². The zero-order valence-electron chi connectivity index (χ0n) is 12.4. The van der Waals surface area contributed by atoms with Crippen LogP contribution in [0.3, 0.4) is 0 Å². The maximum Gasteiger partial charge on any atom is 0.170 e. The molecule has 6 saturated carbocycles. The van der Waals surface area contributed by atoms with Gasteiger partial charge in [-0.15, -0.1) is 0 Å². The molecule has 2 aliphatic heterocycles. The van der Waals surface area contributed by atoms with Crippen LogP contribution in [0.1, 0.15) is 13.8 Å². The number of aliphatic hydroxyl groups is 4. The first-order valence-electron chi connectivity index (χ1n) is 8.41. The van der Waals surface area contributed by atoms with Crippen molar-refractivity contribution >= 4 is 0 Å². The molecule has 2 spiro atoms. The Morgan fingerprint density at radius 3 is 1.41 bits per heavy atom. The lowest BCUT2D eigenvalue weighted by atomic mass is 9.45. The van der Waals surface area contributed by atoms with E-state index in [4.69, 9.17) is 9.47 Å². The van der Waals surface area contributed by atoms with E-state index in [0.29, 0.717) is 0 Å². The maximum absolute atomic E-state index is 11.2. The molecule has 0 aromatic heterocycles. The zero-order chi connectivity index (χ0) is 15.2. The molecule has 0 radical (unpaired) electrons. The molecule has 0 aromatic rings. The fourth-order valence-corrected chi connectivity index (χ4v) is 9.97. The van der Waals surface area contributed by atoms with Crippen molar-refractivity contribution in [2.45, 2.75) is 49.8 Å². The molecular weight excluding hydrogens is 288 g/mol.